The topological polar surface area (TPSA) is 51.2 Å². The van der Waals surface area contributed by atoms with Gasteiger partial charge in [0, 0.05) is 23.9 Å². The van der Waals surface area contributed by atoms with Crippen molar-refractivity contribution >= 4 is 17.5 Å². The monoisotopic (exact) mass is 296 g/mol. The van der Waals surface area contributed by atoms with Crippen molar-refractivity contribution in [1.29, 1.82) is 0 Å². The number of aromatic nitrogens is 1. The Morgan fingerprint density at radius 2 is 2.35 bits per heavy atom. The highest BCUT2D eigenvalue weighted by atomic mass is 35.5. The number of carbonyl (C=O) groups excluding carboxylic acids is 1. The first-order valence-electron chi connectivity index (χ1n) is 7.17. The van der Waals surface area contributed by atoms with Crippen LogP contribution in [-0.4, -0.2) is 29.6 Å². The fraction of sp³-hybridized carbons (Fsp3) is 0.600. The summed E-state index contributed by atoms with van der Waals surface area (Å²) < 4.78 is 5.48. The Hall–Kier alpha value is -1.13. The zero-order chi connectivity index (χ0) is 14.5. The van der Waals surface area contributed by atoms with Gasteiger partial charge in [-0.1, -0.05) is 24.9 Å². The van der Waals surface area contributed by atoms with Crippen LogP contribution in [0.5, 0.6) is 0 Å². The van der Waals surface area contributed by atoms with Crippen molar-refractivity contribution in [2.45, 2.75) is 51.7 Å². The Bertz CT molecular complexity index is 479. The molecule has 2 unspecified atom stereocenters. The second-order valence-corrected chi connectivity index (χ2v) is 5.68. The average Bonchev–Trinajstić information content (AvgIpc) is 2.38. The van der Waals surface area contributed by atoms with Gasteiger partial charge in [-0.25, -0.2) is 4.98 Å². The van der Waals surface area contributed by atoms with E-state index in [-0.39, 0.29) is 18.1 Å². The van der Waals surface area contributed by atoms with E-state index in [4.69, 9.17) is 16.3 Å². The summed E-state index contributed by atoms with van der Waals surface area (Å²) in [6.45, 7) is 4.80. The van der Waals surface area contributed by atoms with Gasteiger partial charge in [0.15, 0.2) is 0 Å². The normalized spacial score (nSPS) is 22.6. The molecule has 2 atom stereocenters. The van der Waals surface area contributed by atoms with E-state index >= 15 is 0 Å². The second kappa shape index (κ2) is 7.04. The molecule has 4 nitrogen and oxygen atoms in total. The summed E-state index contributed by atoms with van der Waals surface area (Å²) >= 11 is 5.98. The van der Waals surface area contributed by atoms with Gasteiger partial charge in [-0.3, -0.25) is 4.79 Å². The van der Waals surface area contributed by atoms with Crippen molar-refractivity contribution in [2.75, 3.05) is 6.61 Å². The molecule has 0 saturated carbocycles. The number of hydrogen-bond donors (Lipinski definition) is 1. The molecule has 0 aromatic carbocycles. The third-order valence-electron chi connectivity index (χ3n) is 3.44. The minimum atomic E-state index is -0.0780. The molecule has 1 fully saturated rings. The van der Waals surface area contributed by atoms with Crippen molar-refractivity contribution in [1.82, 2.24) is 10.3 Å². The summed E-state index contributed by atoms with van der Waals surface area (Å²) in [5.74, 6) is -0.0780. The van der Waals surface area contributed by atoms with E-state index in [0.29, 0.717) is 17.3 Å². The molecule has 2 heterocycles. The van der Waals surface area contributed by atoms with Gasteiger partial charge in [0.1, 0.15) is 5.15 Å². The molecule has 5 heteroatoms. The standard InChI is InChI=1S/C15H21ClN2O2/c1-3-4-12-8-11(9-14(16)17-12)15(19)18-13-5-6-20-10(2)7-13/h8-10,13H,3-7H2,1-2H3,(H,18,19). The van der Waals surface area contributed by atoms with Crippen LogP contribution in [0.4, 0.5) is 0 Å². The molecule has 0 spiro atoms. The second-order valence-electron chi connectivity index (χ2n) is 5.30. The van der Waals surface area contributed by atoms with Gasteiger partial charge in [-0.15, -0.1) is 0 Å². The number of aryl methyl sites for hydroxylation is 1. The third-order valence-corrected chi connectivity index (χ3v) is 3.63. The Balaban J connectivity index is 2.04. The molecule has 2 rings (SSSR count). The number of hydrogen-bond acceptors (Lipinski definition) is 3. The summed E-state index contributed by atoms with van der Waals surface area (Å²) in [7, 11) is 0. The predicted molar refractivity (Wildman–Crippen MR) is 79.1 cm³/mol. The highest BCUT2D eigenvalue weighted by molar-refractivity contribution is 6.29. The molecule has 1 aromatic rings. The molecule has 20 heavy (non-hydrogen) atoms. The van der Waals surface area contributed by atoms with Crippen LogP contribution >= 0.6 is 11.6 Å². The minimum absolute atomic E-state index is 0.0780. The zero-order valence-corrected chi connectivity index (χ0v) is 12.7. The van der Waals surface area contributed by atoms with E-state index in [2.05, 4.69) is 17.2 Å². The predicted octanol–water partition coefficient (Wildman–Crippen LogP) is 2.98. The maximum Gasteiger partial charge on any atom is 0.251 e. The highest BCUT2D eigenvalue weighted by Crippen LogP contribution is 2.16. The number of rotatable bonds is 4. The summed E-state index contributed by atoms with van der Waals surface area (Å²) in [6.07, 6.45) is 3.72. The van der Waals surface area contributed by atoms with E-state index in [0.717, 1.165) is 31.4 Å². The maximum atomic E-state index is 12.3. The van der Waals surface area contributed by atoms with E-state index in [9.17, 15) is 4.79 Å². The first-order valence-corrected chi connectivity index (χ1v) is 7.55. The molecule has 0 aliphatic carbocycles. The number of halogens is 1. The molecule has 0 radical (unpaired) electrons. The van der Waals surface area contributed by atoms with E-state index in [1.165, 1.54) is 0 Å². The molecule has 1 aliphatic heterocycles. The Kier molecular flexibility index (Phi) is 5.38. The van der Waals surface area contributed by atoms with Gasteiger partial charge < -0.3 is 10.1 Å². The van der Waals surface area contributed by atoms with Crippen molar-refractivity contribution in [3.8, 4) is 0 Å². The number of nitrogens with one attached hydrogen (secondary N) is 1. The Morgan fingerprint density at radius 3 is 3.05 bits per heavy atom. The van der Waals surface area contributed by atoms with Gasteiger partial charge in [-0.2, -0.15) is 0 Å². The van der Waals surface area contributed by atoms with Crippen molar-refractivity contribution < 1.29 is 9.53 Å². The van der Waals surface area contributed by atoms with Crippen LogP contribution in [0, 0.1) is 0 Å². The van der Waals surface area contributed by atoms with Crippen LogP contribution in [0.3, 0.4) is 0 Å². The van der Waals surface area contributed by atoms with Crippen LogP contribution in [0.2, 0.25) is 5.15 Å². The molecule has 1 aromatic heterocycles. The van der Waals surface area contributed by atoms with Crippen LogP contribution in [-0.2, 0) is 11.2 Å². The van der Waals surface area contributed by atoms with E-state index < -0.39 is 0 Å². The van der Waals surface area contributed by atoms with Crippen molar-refractivity contribution in [3.63, 3.8) is 0 Å². The number of pyridine rings is 1. The van der Waals surface area contributed by atoms with Crippen molar-refractivity contribution in [3.05, 3.63) is 28.5 Å². The summed E-state index contributed by atoms with van der Waals surface area (Å²) in [5.41, 5.74) is 1.46. The summed E-state index contributed by atoms with van der Waals surface area (Å²) in [6, 6.07) is 3.62. The molecule has 0 bridgehead atoms. The van der Waals surface area contributed by atoms with Gasteiger partial charge in [0.2, 0.25) is 0 Å². The first-order chi connectivity index (χ1) is 9.58. The van der Waals surface area contributed by atoms with Crippen LogP contribution in [0.25, 0.3) is 0 Å². The highest BCUT2D eigenvalue weighted by Gasteiger charge is 2.21. The minimum Gasteiger partial charge on any atom is -0.378 e. The lowest BCUT2D eigenvalue weighted by atomic mass is 10.0. The van der Waals surface area contributed by atoms with Gasteiger partial charge in [-0.05, 0) is 38.3 Å². The molecule has 1 saturated heterocycles. The van der Waals surface area contributed by atoms with Gasteiger partial charge in [0.25, 0.3) is 5.91 Å². The van der Waals surface area contributed by atoms with Gasteiger partial charge >= 0.3 is 0 Å². The van der Waals surface area contributed by atoms with Crippen molar-refractivity contribution in [2.24, 2.45) is 0 Å². The zero-order valence-electron chi connectivity index (χ0n) is 12.0. The fourth-order valence-electron chi connectivity index (χ4n) is 2.46. The fourth-order valence-corrected chi connectivity index (χ4v) is 2.69. The largest absolute Gasteiger partial charge is 0.378 e. The quantitative estimate of drug-likeness (QED) is 0.869. The number of carbonyl (C=O) groups is 1. The first kappa shape index (κ1) is 15.3. The van der Waals surface area contributed by atoms with Crippen LogP contribution in [0.15, 0.2) is 12.1 Å². The third kappa shape index (κ3) is 4.18. The number of nitrogens with zero attached hydrogens (tertiary/aromatic N) is 1. The average molecular weight is 297 g/mol. The lowest BCUT2D eigenvalue weighted by molar-refractivity contribution is 0.0136. The molecular formula is C15H21ClN2O2. The Labute approximate surface area is 124 Å². The number of ether oxygens (including phenoxy) is 1. The lowest BCUT2D eigenvalue weighted by Crippen LogP contribution is -2.41. The van der Waals surface area contributed by atoms with E-state index in [1.807, 2.05) is 13.0 Å². The van der Waals surface area contributed by atoms with Crippen LogP contribution < -0.4 is 5.32 Å². The molecule has 1 amide bonds. The SMILES string of the molecule is CCCc1cc(C(=O)NC2CCOC(C)C2)cc(Cl)n1. The van der Waals surface area contributed by atoms with Crippen LogP contribution in [0.1, 0.15) is 49.2 Å². The lowest BCUT2D eigenvalue weighted by Gasteiger charge is -2.28. The number of amides is 1. The van der Waals surface area contributed by atoms with Gasteiger partial charge in [0.05, 0.1) is 6.10 Å². The van der Waals surface area contributed by atoms with E-state index in [1.54, 1.807) is 6.07 Å². The summed E-state index contributed by atoms with van der Waals surface area (Å²) in [5, 5.41) is 3.43. The Morgan fingerprint density at radius 1 is 1.55 bits per heavy atom. The molecule has 1 N–H and O–H groups in total. The summed E-state index contributed by atoms with van der Waals surface area (Å²) in [4.78, 5) is 16.5. The molecule has 110 valence electrons. The molecular weight excluding hydrogens is 276 g/mol. The maximum absolute atomic E-state index is 12.3. The molecule has 1 aliphatic rings. The smallest absolute Gasteiger partial charge is 0.251 e.